The van der Waals surface area contributed by atoms with Crippen LogP contribution in [0, 0.1) is 0 Å². The molecule has 0 radical (unpaired) electrons. The lowest BCUT2D eigenvalue weighted by Crippen LogP contribution is -2.60. The van der Waals surface area contributed by atoms with Crippen LogP contribution in [0.15, 0.2) is 54.9 Å². The molecule has 1 spiro atoms. The molecule has 0 aliphatic carbocycles. The zero-order valence-corrected chi connectivity index (χ0v) is 16.1. The number of aromatic nitrogens is 5. The Labute approximate surface area is 167 Å². The minimum Gasteiger partial charge on any atom is -0.335 e. The van der Waals surface area contributed by atoms with Gasteiger partial charge in [0.2, 0.25) is 0 Å². The molecule has 4 aromatic rings. The lowest BCUT2D eigenvalue weighted by atomic mass is 9.75. The van der Waals surface area contributed by atoms with Gasteiger partial charge in [-0.05, 0) is 30.7 Å². The molecule has 0 N–H and O–H groups in total. The van der Waals surface area contributed by atoms with Crippen molar-refractivity contribution < 1.29 is 4.79 Å². The predicted molar refractivity (Wildman–Crippen MR) is 108 cm³/mol. The molecule has 0 atom stereocenters. The van der Waals surface area contributed by atoms with Gasteiger partial charge in [-0.25, -0.2) is 0 Å². The number of aryl methyl sites for hydroxylation is 2. The third-order valence-corrected chi connectivity index (χ3v) is 6.33. The molecule has 2 aliphatic heterocycles. The van der Waals surface area contributed by atoms with Crippen molar-refractivity contribution in [2.45, 2.75) is 18.4 Å². The fourth-order valence-corrected chi connectivity index (χ4v) is 4.71. The van der Waals surface area contributed by atoms with E-state index in [0.717, 1.165) is 48.2 Å². The normalized spacial score (nSPS) is 16.9. The number of amides is 1. The van der Waals surface area contributed by atoms with Crippen molar-refractivity contribution in [2.75, 3.05) is 13.1 Å². The number of para-hydroxylation sites is 1. The van der Waals surface area contributed by atoms with Crippen LogP contribution < -0.4 is 0 Å². The molecule has 0 unspecified atom stereocenters. The van der Waals surface area contributed by atoms with Gasteiger partial charge in [0, 0.05) is 61.1 Å². The Hall–Kier alpha value is -3.48. The molecule has 1 fully saturated rings. The van der Waals surface area contributed by atoms with E-state index in [0.29, 0.717) is 5.69 Å². The number of carbonyl (C=O) groups excluding carboxylic acids is 1. The molecule has 1 amide bonds. The summed E-state index contributed by atoms with van der Waals surface area (Å²) in [5.74, 6) is 0.0487. The SMILES string of the molecule is Cn1nccc1C(=O)N1CC2(CCn3nc(-c4cnc5ccccc5c4)cc32)C1. The van der Waals surface area contributed by atoms with Crippen LogP contribution in [0.5, 0.6) is 0 Å². The third kappa shape index (κ3) is 2.36. The van der Waals surface area contributed by atoms with Gasteiger partial charge in [-0.1, -0.05) is 18.2 Å². The van der Waals surface area contributed by atoms with Gasteiger partial charge >= 0.3 is 0 Å². The van der Waals surface area contributed by atoms with Crippen molar-refractivity contribution in [1.29, 1.82) is 0 Å². The van der Waals surface area contributed by atoms with Crippen LogP contribution in [0.25, 0.3) is 22.2 Å². The maximum Gasteiger partial charge on any atom is 0.272 e. The first kappa shape index (κ1) is 16.5. The van der Waals surface area contributed by atoms with Crippen LogP contribution in [0.2, 0.25) is 0 Å². The quantitative estimate of drug-likeness (QED) is 0.533. The number of carbonyl (C=O) groups is 1. The average molecular weight is 384 g/mol. The molecule has 3 aromatic heterocycles. The van der Waals surface area contributed by atoms with Crippen molar-refractivity contribution in [2.24, 2.45) is 7.05 Å². The van der Waals surface area contributed by atoms with Gasteiger partial charge in [0.15, 0.2) is 0 Å². The number of pyridine rings is 1. The summed E-state index contributed by atoms with van der Waals surface area (Å²) in [6.07, 6.45) is 4.59. The van der Waals surface area contributed by atoms with Gasteiger partial charge < -0.3 is 4.90 Å². The molecule has 0 bridgehead atoms. The average Bonchev–Trinajstić information content (AvgIpc) is 3.40. The summed E-state index contributed by atoms with van der Waals surface area (Å²) in [6, 6.07) is 14.2. The lowest BCUT2D eigenvalue weighted by Gasteiger charge is -2.47. The molecule has 7 nitrogen and oxygen atoms in total. The maximum absolute atomic E-state index is 12.7. The Balaban J connectivity index is 1.28. The maximum atomic E-state index is 12.7. The van der Waals surface area contributed by atoms with E-state index in [1.807, 2.05) is 29.3 Å². The van der Waals surface area contributed by atoms with Crippen molar-refractivity contribution in [3.63, 3.8) is 0 Å². The number of rotatable bonds is 2. The first-order chi connectivity index (χ1) is 14.1. The fraction of sp³-hybridized carbons (Fsp3) is 0.273. The van der Waals surface area contributed by atoms with Gasteiger partial charge in [0.25, 0.3) is 5.91 Å². The van der Waals surface area contributed by atoms with Gasteiger partial charge in [-0.2, -0.15) is 10.2 Å². The van der Waals surface area contributed by atoms with Crippen molar-refractivity contribution in [3.05, 3.63) is 66.2 Å². The predicted octanol–water partition coefficient (Wildman–Crippen LogP) is 2.63. The summed E-state index contributed by atoms with van der Waals surface area (Å²) in [4.78, 5) is 19.2. The highest BCUT2D eigenvalue weighted by Gasteiger charge is 2.51. The molecule has 7 heteroatoms. The summed E-state index contributed by atoms with van der Waals surface area (Å²) in [7, 11) is 1.80. The molecule has 29 heavy (non-hydrogen) atoms. The summed E-state index contributed by atoms with van der Waals surface area (Å²) in [6.45, 7) is 2.36. The second kappa shape index (κ2) is 5.76. The van der Waals surface area contributed by atoms with Crippen LogP contribution in [0.1, 0.15) is 22.6 Å². The van der Waals surface area contributed by atoms with Crippen molar-refractivity contribution in [3.8, 4) is 11.3 Å². The lowest BCUT2D eigenvalue weighted by molar-refractivity contribution is 0.0380. The van der Waals surface area contributed by atoms with Gasteiger partial charge in [0.05, 0.1) is 11.2 Å². The Morgan fingerprint density at radius 3 is 2.83 bits per heavy atom. The Morgan fingerprint density at radius 1 is 1.14 bits per heavy atom. The zero-order chi connectivity index (χ0) is 19.6. The molecule has 1 aromatic carbocycles. The number of fused-ring (bicyclic) bond motifs is 3. The minimum atomic E-state index is 0.0176. The Bertz CT molecular complexity index is 1260. The second-order valence-electron chi connectivity index (χ2n) is 8.09. The van der Waals surface area contributed by atoms with Crippen molar-refractivity contribution in [1.82, 2.24) is 29.4 Å². The molecule has 5 heterocycles. The van der Waals surface area contributed by atoms with E-state index in [-0.39, 0.29) is 11.3 Å². The fourth-order valence-electron chi connectivity index (χ4n) is 4.71. The summed E-state index contributed by atoms with van der Waals surface area (Å²) < 4.78 is 3.74. The highest BCUT2D eigenvalue weighted by Crippen LogP contribution is 2.44. The number of hydrogen-bond donors (Lipinski definition) is 0. The first-order valence-corrected chi connectivity index (χ1v) is 9.84. The zero-order valence-electron chi connectivity index (χ0n) is 16.1. The van der Waals surface area contributed by atoms with E-state index in [1.165, 1.54) is 5.69 Å². The van der Waals surface area contributed by atoms with Crippen molar-refractivity contribution >= 4 is 16.8 Å². The van der Waals surface area contributed by atoms with Gasteiger partial charge in [0.1, 0.15) is 5.69 Å². The molecule has 0 saturated carbocycles. The third-order valence-electron chi connectivity index (χ3n) is 6.33. The Kier molecular flexibility index (Phi) is 3.27. The van der Waals surface area contributed by atoms with Crippen LogP contribution in [-0.4, -0.2) is 48.4 Å². The monoisotopic (exact) mass is 384 g/mol. The van der Waals surface area contributed by atoms with E-state index in [4.69, 9.17) is 5.10 Å². The summed E-state index contributed by atoms with van der Waals surface area (Å²) in [5, 5.41) is 10.1. The standard InChI is InChI=1S/C22H20N6O/c1-26-19(6-8-24-26)21(29)27-13-22(14-27)7-9-28-20(22)11-18(25-28)16-10-15-4-2-3-5-17(15)23-12-16/h2-6,8,10-12H,7,9,13-14H2,1H3. The molecule has 6 rings (SSSR count). The molecular formula is C22H20N6O. The highest BCUT2D eigenvalue weighted by molar-refractivity contribution is 5.93. The van der Waals surface area contributed by atoms with E-state index >= 15 is 0 Å². The summed E-state index contributed by atoms with van der Waals surface area (Å²) >= 11 is 0. The highest BCUT2D eigenvalue weighted by atomic mass is 16.2. The van der Waals surface area contributed by atoms with Crippen LogP contribution in [-0.2, 0) is 19.0 Å². The molecule has 1 saturated heterocycles. The number of likely N-dealkylation sites (tertiary alicyclic amines) is 1. The van der Waals surface area contributed by atoms with E-state index in [9.17, 15) is 4.79 Å². The van der Waals surface area contributed by atoms with E-state index in [2.05, 4.69) is 33.0 Å². The molecule has 144 valence electrons. The largest absolute Gasteiger partial charge is 0.335 e. The second-order valence-corrected chi connectivity index (χ2v) is 8.09. The van der Waals surface area contributed by atoms with Gasteiger partial charge in [-0.3, -0.25) is 19.1 Å². The Morgan fingerprint density at radius 2 is 2.00 bits per heavy atom. The topological polar surface area (TPSA) is 68.8 Å². The molecular weight excluding hydrogens is 364 g/mol. The van der Waals surface area contributed by atoms with E-state index in [1.54, 1.807) is 24.0 Å². The first-order valence-electron chi connectivity index (χ1n) is 9.84. The molecule has 2 aliphatic rings. The number of nitrogens with zero attached hydrogens (tertiary/aromatic N) is 6. The van der Waals surface area contributed by atoms with E-state index < -0.39 is 0 Å². The number of hydrogen-bond acceptors (Lipinski definition) is 4. The number of benzene rings is 1. The van der Waals surface area contributed by atoms with Crippen LogP contribution >= 0.6 is 0 Å². The van der Waals surface area contributed by atoms with Crippen LogP contribution in [0.4, 0.5) is 0 Å². The van der Waals surface area contributed by atoms with Crippen LogP contribution in [0.3, 0.4) is 0 Å². The van der Waals surface area contributed by atoms with Gasteiger partial charge in [-0.15, -0.1) is 0 Å². The minimum absolute atomic E-state index is 0.0176. The summed E-state index contributed by atoms with van der Waals surface area (Å²) in [5.41, 5.74) is 4.85. The smallest absolute Gasteiger partial charge is 0.272 e.